The minimum absolute atomic E-state index is 0.255. The number of hydrogen-bond acceptors (Lipinski definition) is 2. The lowest BCUT2D eigenvalue weighted by molar-refractivity contribution is 0.0943. The van der Waals surface area contributed by atoms with E-state index in [-0.39, 0.29) is 11.5 Å². The average molecular weight is 281 g/mol. The highest BCUT2D eigenvalue weighted by Gasteiger charge is 2.16. The van der Waals surface area contributed by atoms with Crippen molar-refractivity contribution >= 4 is 17.2 Å². The summed E-state index contributed by atoms with van der Waals surface area (Å²) in [6.07, 6.45) is 0. The molecule has 2 aromatic rings. The number of carbonyl (C=O) groups excluding carboxylic acids is 1. The number of aryl methyl sites for hydroxylation is 1. The van der Waals surface area contributed by atoms with E-state index in [1.165, 1.54) is 23.5 Å². The van der Waals surface area contributed by atoms with Gasteiger partial charge in [-0.25, -0.2) is 8.78 Å². The molecule has 1 heterocycles. The Labute approximate surface area is 114 Å². The highest BCUT2D eigenvalue weighted by atomic mass is 32.1. The minimum Gasteiger partial charge on any atom is -0.345 e. The third-order valence-corrected chi connectivity index (χ3v) is 3.74. The van der Waals surface area contributed by atoms with Gasteiger partial charge in [0.25, 0.3) is 5.91 Å². The van der Waals surface area contributed by atoms with Crippen molar-refractivity contribution in [1.29, 1.82) is 0 Å². The van der Waals surface area contributed by atoms with E-state index in [1.807, 2.05) is 13.0 Å². The number of thiophene rings is 1. The first-order valence-corrected chi connectivity index (χ1v) is 6.61. The van der Waals surface area contributed by atoms with E-state index < -0.39 is 17.7 Å². The Morgan fingerprint density at radius 2 is 2.00 bits per heavy atom. The molecule has 1 aromatic carbocycles. The van der Waals surface area contributed by atoms with Crippen LogP contribution in [-0.4, -0.2) is 5.91 Å². The summed E-state index contributed by atoms with van der Waals surface area (Å²) in [6, 6.07) is 6.39. The zero-order chi connectivity index (χ0) is 14.0. The summed E-state index contributed by atoms with van der Waals surface area (Å²) in [5.41, 5.74) is 0.267. The predicted molar refractivity (Wildman–Crippen MR) is 71.3 cm³/mol. The van der Waals surface area contributed by atoms with Crippen molar-refractivity contribution in [2.24, 2.45) is 0 Å². The highest BCUT2D eigenvalue weighted by molar-refractivity contribution is 7.13. The second-order valence-corrected chi connectivity index (χ2v) is 5.56. The van der Waals surface area contributed by atoms with Crippen molar-refractivity contribution in [1.82, 2.24) is 5.32 Å². The van der Waals surface area contributed by atoms with Crippen molar-refractivity contribution in [3.05, 3.63) is 57.3 Å². The van der Waals surface area contributed by atoms with Gasteiger partial charge in [-0.1, -0.05) is 6.07 Å². The molecule has 19 heavy (non-hydrogen) atoms. The van der Waals surface area contributed by atoms with Crippen LogP contribution in [0.2, 0.25) is 0 Å². The van der Waals surface area contributed by atoms with Crippen molar-refractivity contribution in [2.45, 2.75) is 19.9 Å². The monoisotopic (exact) mass is 281 g/mol. The maximum absolute atomic E-state index is 13.6. The number of benzene rings is 1. The molecule has 1 atom stereocenters. The van der Waals surface area contributed by atoms with Crippen LogP contribution >= 0.6 is 11.3 Å². The van der Waals surface area contributed by atoms with Crippen LogP contribution in [0, 0.1) is 18.6 Å². The van der Waals surface area contributed by atoms with Crippen LogP contribution < -0.4 is 5.32 Å². The van der Waals surface area contributed by atoms with E-state index in [4.69, 9.17) is 0 Å². The van der Waals surface area contributed by atoms with Crippen molar-refractivity contribution in [3.8, 4) is 0 Å². The van der Waals surface area contributed by atoms with Gasteiger partial charge in [-0.15, -0.1) is 11.3 Å². The van der Waals surface area contributed by atoms with Gasteiger partial charge in [-0.3, -0.25) is 4.79 Å². The summed E-state index contributed by atoms with van der Waals surface area (Å²) < 4.78 is 26.4. The molecular formula is C14H13F2NOS. The lowest BCUT2D eigenvalue weighted by atomic mass is 10.1. The normalized spacial score (nSPS) is 12.2. The summed E-state index contributed by atoms with van der Waals surface area (Å²) in [7, 11) is 0. The van der Waals surface area contributed by atoms with Crippen LogP contribution in [0.1, 0.15) is 33.1 Å². The second-order valence-electron chi connectivity index (χ2n) is 4.27. The van der Waals surface area contributed by atoms with Crippen LogP contribution in [0.5, 0.6) is 0 Å². The quantitative estimate of drug-likeness (QED) is 0.910. The van der Waals surface area contributed by atoms with E-state index >= 15 is 0 Å². The second kappa shape index (κ2) is 5.48. The first-order chi connectivity index (χ1) is 8.97. The molecule has 1 unspecified atom stereocenters. The fourth-order valence-electron chi connectivity index (χ4n) is 1.75. The first kappa shape index (κ1) is 13.7. The predicted octanol–water partition coefficient (Wildman–Crippen LogP) is 3.83. The lowest BCUT2D eigenvalue weighted by Gasteiger charge is -2.14. The lowest BCUT2D eigenvalue weighted by Crippen LogP contribution is -2.26. The van der Waals surface area contributed by atoms with Gasteiger partial charge in [0.05, 0.1) is 10.9 Å². The standard InChI is InChI=1S/C14H13F2NOS/c1-8-3-6-13(19-8)14(18)17-9(2)11-5-4-10(15)7-12(11)16/h3-7,9H,1-2H3,(H,17,18). The molecular weight excluding hydrogens is 268 g/mol. The summed E-state index contributed by atoms with van der Waals surface area (Å²) >= 11 is 1.37. The van der Waals surface area contributed by atoms with Crippen molar-refractivity contribution in [3.63, 3.8) is 0 Å². The van der Waals surface area contributed by atoms with Crippen molar-refractivity contribution < 1.29 is 13.6 Å². The van der Waals surface area contributed by atoms with E-state index in [0.717, 1.165) is 10.9 Å². The van der Waals surface area contributed by atoms with Gasteiger partial charge in [-0.05, 0) is 32.0 Å². The van der Waals surface area contributed by atoms with Gasteiger partial charge >= 0.3 is 0 Å². The van der Waals surface area contributed by atoms with Gasteiger partial charge in [-0.2, -0.15) is 0 Å². The molecule has 0 spiro atoms. The largest absolute Gasteiger partial charge is 0.345 e. The maximum atomic E-state index is 13.6. The third kappa shape index (κ3) is 3.17. The fourth-order valence-corrected chi connectivity index (χ4v) is 2.53. The molecule has 0 saturated heterocycles. The van der Waals surface area contributed by atoms with Crippen LogP contribution in [0.25, 0.3) is 0 Å². The van der Waals surface area contributed by atoms with Gasteiger partial charge in [0.15, 0.2) is 0 Å². The van der Waals surface area contributed by atoms with Crippen LogP contribution in [-0.2, 0) is 0 Å². The van der Waals surface area contributed by atoms with Crippen LogP contribution in [0.4, 0.5) is 8.78 Å². The molecule has 1 N–H and O–H groups in total. The molecule has 0 aliphatic rings. The zero-order valence-corrected chi connectivity index (χ0v) is 11.4. The SMILES string of the molecule is Cc1ccc(C(=O)NC(C)c2ccc(F)cc2F)s1. The number of hydrogen-bond donors (Lipinski definition) is 1. The van der Waals surface area contributed by atoms with Gasteiger partial charge in [0.2, 0.25) is 0 Å². The maximum Gasteiger partial charge on any atom is 0.261 e. The van der Waals surface area contributed by atoms with E-state index in [2.05, 4.69) is 5.32 Å². The Hall–Kier alpha value is -1.75. The van der Waals surface area contributed by atoms with Gasteiger partial charge in [0.1, 0.15) is 11.6 Å². The molecule has 2 rings (SSSR count). The molecule has 0 bridgehead atoms. The van der Waals surface area contributed by atoms with Gasteiger partial charge in [0, 0.05) is 16.5 Å². The van der Waals surface area contributed by atoms with E-state index in [9.17, 15) is 13.6 Å². The molecule has 0 aliphatic carbocycles. The first-order valence-electron chi connectivity index (χ1n) is 5.79. The topological polar surface area (TPSA) is 29.1 Å². The van der Waals surface area contributed by atoms with Gasteiger partial charge < -0.3 is 5.32 Å². The number of rotatable bonds is 3. The Balaban J connectivity index is 2.12. The Morgan fingerprint density at radius 3 is 2.58 bits per heavy atom. The fraction of sp³-hybridized carbons (Fsp3) is 0.214. The smallest absolute Gasteiger partial charge is 0.261 e. The van der Waals surface area contributed by atoms with Crippen LogP contribution in [0.3, 0.4) is 0 Å². The minimum atomic E-state index is -0.657. The molecule has 0 aliphatic heterocycles. The van der Waals surface area contributed by atoms with E-state index in [1.54, 1.807) is 13.0 Å². The molecule has 0 fully saturated rings. The molecule has 100 valence electrons. The number of carbonyl (C=O) groups is 1. The molecule has 0 saturated carbocycles. The third-order valence-electron chi connectivity index (χ3n) is 2.74. The van der Waals surface area contributed by atoms with E-state index in [0.29, 0.717) is 4.88 Å². The van der Waals surface area contributed by atoms with Crippen molar-refractivity contribution in [2.75, 3.05) is 0 Å². The van der Waals surface area contributed by atoms with Crippen LogP contribution in [0.15, 0.2) is 30.3 Å². The summed E-state index contributed by atoms with van der Waals surface area (Å²) in [5, 5.41) is 2.70. The number of halogens is 2. The molecule has 2 nitrogen and oxygen atoms in total. The number of nitrogens with one attached hydrogen (secondary N) is 1. The summed E-state index contributed by atoms with van der Waals surface area (Å²) in [6.45, 7) is 3.57. The molecule has 1 amide bonds. The summed E-state index contributed by atoms with van der Waals surface area (Å²) in [4.78, 5) is 13.5. The number of amides is 1. The highest BCUT2D eigenvalue weighted by Crippen LogP contribution is 2.20. The Bertz CT molecular complexity index is 609. The Kier molecular flexibility index (Phi) is 3.95. The summed E-state index contributed by atoms with van der Waals surface area (Å²) in [5.74, 6) is -1.54. The average Bonchev–Trinajstić information content (AvgIpc) is 2.75. The molecule has 0 radical (unpaired) electrons. The molecule has 5 heteroatoms. The zero-order valence-electron chi connectivity index (χ0n) is 10.5. The Morgan fingerprint density at radius 1 is 1.26 bits per heavy atom. The molecule has 1 aromatic heterocycles.